The summed E-state index contributed by atoms with van der Waals surface area (Å²) < 4.78 is 31.9. The smallest absolute Gasteiger partial charge is 0.244 e. The minimum atomic E-state index is -3.81. The SMILES string of the molecule is CC[C@H](C(=O)NC1CCCC1)N(Cc1ccc(OC)cc1)C(=O)CN(c1ccc(Cl)cc1C)S(C)(=O)=O. The zero-order valence-corrected chi connectivity index (χ0v) is 23.4. The van der Waals surface area contributed by atoms with Crippen LogP contribution in [0.1, 0.15) is 50.2 Å². The maximum absolute atomic E-state index is 13.8. The van der Waals surface area contributed by atoms with Crippen LogP contribution in [0.15, 0.2) is 42.5 Å². The van der Waals surface area contributed by atoms with E-state index in [1.165, 1.54) is 4.90 Å². The van der Waals surface area contributed by atoms with Crippen molar-refractivity contribution in [3.8, 4) is 5.75 Å². The average molecular weight is 550 g/mol. The molecule has 37 heavy (non-hydrogen) atoms. The van der Waals surface area contributed by atoms with Crippen LogP contribution >= 0.6 is 11.6 Å². The minimum Gasteiger partial charge on any atom is -0.497 e. The molecule has 0 spiro atoms. The fraction of sp³-hybridized carbons (Fsp3) is 0.481. The highest BCUT2D eigenvalue weighted by Crippen LogP contribution is 2.26. The number of halogens is 1. The molecule has 2 amide bonds. The third kappa shape index (κ3) is 7.61. The lowest BCUT2D eigenvalue weighted by molar-refractivity contribution is -0.140. The van der Waals surface area contributed by atoms with Crippen molar-refractivity contribution in [3.63, 3.8) is 0 Å². The number of amides is 2. The summed E-state index contributed by atoms with van der Waals surface area (Å²) >= 11 is 6.07. The van der Waals surface area contributed by atoms with Crippen molar-refractivity contribution < 1.29 is 22.7 Å². The van der Waals surface area contributed by atoms with Gasteiger partial charge in [-0.15, -0.1) is 0 Å². The van der Waals surface area contributed by atoms with Gasteiger partial charge in [-0.05, 0) is 67.6 Å². The zero-order chi connectivity index (χ0) is 27.2. The van der Waals surface area contributed by atoms with Crippen LogP contribution in [-0.2, 0) is 26.2 Å². The lowest BCUT2D eigenvalue weighted by Crippen LogP contribution is -2.53. The standard InChI is InChI=1S/C27H36ClN3O5S/c1-5-24(27(33)29-22-8-6-7-9-22)30(17-20-10-13-23(36-3)14-11-20)26(32)18-31(37(4,34)35)25-15-12-21(28)16-19(25)2/h10-16,22,24H,5-9,17-18H2,1-4H3,(H,29,33)/t24-/m1/s1. The van der Waals surface area contributed by atoms with Crippen molar-refractivity contribution >= 4 is 39.1 Å². The summed E-state index contributed by atoms with van der Waals surface area (Å²) in [6, 6.07) is 11.4. The molecule has 1 aliphatic rings. The van der Waals surface area contributed by atoms with E-state index in [-0.39, 0.29) is 18.5 Å². The van der Waals surface area contributed by atoms with Crippen LogP contribution in [0, 0.1) is 6.92 Å². The van der Waals surface area contributed by atoms with Crippen molar-refractivity contribution in [1.29, 1.82) is 0 Å². The highest BCUT2D eigenvalue weighted by Gasteiger charge is 2.33. The fourth-order valence-electron chi connectivity index (χ4n) is 4.71. The van der Waals surface area contributed by atoms with Crippen molar-refractivity contribution in [2.24, 2.45) is 0 Å². The largest absolute Gasteiger partial charge is 0.497 e. The van der Waals surface area contributed by atoms with Gasteiger partial charge in [0.25, 0.3) is 0 Å². The quantitative estimate of drug-likeness (QED) is 0.451. The first-order valence-corrected chi connectivity index (χ1v) is 14.7. The number of nitrogens with one attached hydrogen (secondary N) is 1. The molecule has 1 N–H and O–H groups in total. The monoisotopic (exact) mass is 549 g/mol. The van der Waals surface area contributed by atoms with Gasteiger partial charge in [0.2, 0.25) is 21.8 Å². The first-order valence-electron chi connectivity index (χ1n) is 12.5. The van der Waals surface area contributed by atoms with Gasteiger partial charge in [-0.2, -0.15) is 0 Å². The van der Waals surface area contributed by atoms with Gasteiger partial charge in [-0.25, -0.2) is 8.42 Å². The lowest BCUT2D eigenvalue weighted by Gasteiger charge is -2.33. The van der Waals surface area contributed by atoms with Gasteiger partial charge in [-0.3, -0.25) is 13.9 Å². The number of carbonyl (C=O) groups is 2. The van der Waals surface area contributed by atoms with E-state index in [9.17, 15) is 18.0 Å². The number of nitrogens with zero attached hydrogens (tertiary/aromatic N) is 2. The topological polar surface area (TPSA) is 96.0 Å². The summed E-state index contributed by atoms with van der Waals surface area (Å²) in [5, 5.41) is 3.57. The Morgan fingerprint density at radius 3 is 2.32 bits per heavy atom. The van der Waals surface area contributed by atoms with Crippen molar-refractivity contribution in [3.05, 3.63) is 58.6 Å². The Balaban J connectivity index is 1.94. The maximum Gasteiger partial charge on any atom is 0.244 e. The molecule has 0 aromatic heterocycles. The third-order valence-electron chi connectivity index (χ3n) is 6.71. The number of benzene rings is 2. The Bertz CT molecular complexity index is 1200. The molecule has 0 heterocycles. The van der Waals surface area contributed by atoms with Gasteiger partial charge in [0.05, 0.1) is 19.1 Å². The second kappa shape index (κ2) is 12.6. The predicted octanol–water partition coefficient (Wildman–Crippen LogP) is 4.29. The summed E-state index contributed by atoms with van der Waals surface area (Å²) in [7, 11) is -2.24. The molecular formula is C27H36ClN3O5S. The zero-order valence-electron chi connectivity index (χ0n) is 21.9. The Morgan fingerprint density at radius 2 is 1.78 bits per heavy atom. The molecule has 0 bridgehead atoms. The molecule has 0 unspecified atom stereocenters. The number of methoxy groups -OCH3 is 1. The molecule has 10 heteroatoms. The van der Waals surface area contributed by atoms with E-state index in [2.05, 4.69) is 5.32 Å². The van der Waals surface area contributed by atoms with E-state index < -0.39 is 28.5 Å². The fourth-order valence-corrected chi connectivity index (χ4v) is 5.84. The van der Waals surface area contributed by atoms with Crippen LogP contribution in [0.4, 0.5) is 5.69 Å². The Labute approximate surface area is 225 Å². The molecular weight excluding hydrogens is 514 g/mol. The third-order valence-corrected chi connectivity index (χ3v) is 8.07. The molecule has 1 aliphatic carbocycles. The number of ether oxygens (including phenoxy) is 1. The molecule has 8 nitrogen and oxygen atoms in total. The molecule has 0 saturated heterocycles. The van der Waals surface area contributed by atoms with Crippen molar-refractivity contribution in [2.45, 2.75) is 64.6 Å². The molecule has 0 aliphatic heterocycles. The van der Waals surface area contributed by atoms with Gasteiger partial charge in [0, 0.05) is 17.6 Å². The van der Waals surface area contributed by atoms with Gasteiger partial charge >= 0.3 is 0 Å². The van der Waals surface area contributed by atoms with E-state index in [0.717, 1.165) is 41.8 Å². The van der Waals surface area contributed by atoms with Crippen LogP contribution in [0.2, 0.25) is 5.02 Å². The highest BCUT2D eigenvalue weighted by molar-refractivity contribution is 7.92. The highest BCUT2D eigenvalue weighted by atomic mass is 35.5. The maximum atomic E-state index is 13.8. The Kier molecular flexibility index (Phi) is 9.84. The predicted molar refractivity (Wildman–Crippen MR) is 146 cm³/mol. The van der Waals surface area contributed by atoms with Crippen LogP contribution < -0.4 is 14.4 Å². The van der Waals surface area contributed by atoms with E-state index in [0.29, 0.717) is 28.4 Å². The number of anilines is 1. The van der Waals surface area contributed by atoms with Gasteiger partial charge in [0.1, 0.15) is 18.3 Å². The molecule has 1 fully saturated rings. The van der Waals surface area contributed by atoms with Crippen LogP contribution in [0.3, 0.4) is 0 Å². The van der Waals surface area contributed by atoms with Gasteiger partial charge < -0.3 is 15.0 Å². The Morgan fingerprint density at radius 1 is 1.14 bits per heavy atom. The van der Waals surface area contributed by atoms with Gasteiger partial charge in [0.15, 0.2) is 0 Å². The van der Waals surface area contributed by atoms with E-state index >= 15 is 0 Å². The number of aryl methyl sites for hydroxylation is 1. The molecule has 2 aromatic carbocycles. The first-order chi connectivity index (χ1) is 17.5. The minimum absolute atomic E-state index is 0.101. The van der Waals surface area contributed by atoms with E-state index in [4.69, 9.17) is 16.3 Å². The molecule has 1 atom stereocenters. The second-order valence-electron chi connectivity index (χ2n) is 9.48. The van der Waals surface area contributed by atoms with E-state index in [1.807, 2.05) is 19.1 Å². The summed E-state index contributed by atoms with van der Waals surface area (Å²) in [4.78, 5) is 28.6. The summed E-state index contributed by atoms with van der Waals surface area (Å²) in [5.74, 6) is -0.0111. The van der Waals surface area contributed by atoms with Crippen molar-refractivity contribution in [1.82, 2.24) is 10.2 Å². The Hall–Kier alpha value is -2.78. The number of hydrogen-bond acceptors (Lipinski definition) is 5. The number of sulfonamides is 1. The first kappa shape index (κ1) is 28.8. The average Bonchev–Trinajstić information content (AvgIpc) is 3.35. The van der Waals surface area contributed by atoms with Gasteiger partial charge in [-0.1, -0.05) is 43.5 Å². The van der Waals surface area contributed by atoms with Crippen LogP contribution in [-0.4, -0.2) is 57.1 Å². The second-order valence-corrected chi connectivity index (χ2v) is 11.8. The summed E-state index contributed by atoms with van der Waals surface area (Å²) in [5.41, 5.74) is 1.79. The number of carbonyl (C=O) groups excluding carboxylic acids is 2. The van der Waals surface area contributed by atoms with E-state index in [1.54, 1.807) is 44.4 Å². The molecule has 0 radical (unpaired) electrons. The number of hydrogen-bond donors (Lipinski definition) is 1. The molecule has 1 saturated carbocycles. The molecule has 2 aromatic rings. The number of rotatable bonds is 11. The summed E-state index contributed by atoms with van der Waals surface area (Å²) in [6.45, 7) is 3.30. The van der Waals surface area contributed by atoms with Crippen LogP contribution in [0.25, 0.3) is 0 Å². The van der Waals surface area contributed by atoms with Crippen LogP contribution in [0.5, 0.6) is 5.75 Å². The van der Waals surface area contributed by atoms with Crippen molar-refractivity contribution in [2.75, 3.05) is 24.2 Å². The molecule has 3 rings (SSSR count). The summed E-state index contributed by atoms with van der Waals surface area (Å²) in [6.07, 6.45) is 5.43. The lowest BCUT2D eigenvalue weighted by atomic mass is 10.1. The normalized spacial score (nSPS) is 14.7. The molecule has 202 valence electrons.